The Kier molecular flexibility index (Phi) is 5.89. The van der Waals surface area contributed by atoms with Crippen LogP contribution in [0.1, 0.15) is 22.0 Å². The maximum Gasteiger partial charge on any atom is 0.258 e. The minimum atomic E-state index is -0.270. The van der Waals surface area contributed by atoms with E-state index in [1.165, 1.54) is 0 Å². The van der Waals surface area contributed by atoms with E-state index in [0.29, 0.717) is 23.0 Å². The number of fused-ring (bicyclic) bond motifs is 2. The lowest BCUT2D eigenvalue weighted by Crippen LogP contribution is -2.28. The van der Waals surface area contributed by atoms with Crippen LogP contribution in [0.5, 0.6) is 5.75 Å². The molecule has 0 unspecified atom stereocenters. The van der Waals surface area contributed by atoms with Gasteiger partial charge in [0.2, 0.25) is 0 Å². The molecular formula is C25H22N6O3. The van der Waals surface area contributed by atoms with Gasteiger partial charge < -0.3 is 25.3 Å². The highest BCUT2D eigenvalue weighted by atomic mass is 16.5. The lowest BCUT2D eigenvalue weighted by molar-refractivity contribution is -0.123. The van der Waals surface area contributed by atoms with Crippen molar-refractivity contribution in [2.24, 2.45) is 0 Å². The van der Waals surface area contributed by atoms with E-state index in [9.17, 15) is 9.59 Å². The Morgan fingerprint density at radius 2 is 1.29 bits per heavy atom. The predicted molar refractivity (Wildman–Crippen MR) is 127 cm³/mol. The number of imidazole rings is 2. The van der Waals surface area contributed by atoms with E-state index in [-0.39, 0.29) is 31.5 Å². The molecule has 4 N–H and O–H groups in total. The van der Waals surface area contributed by atoms with E-state index in [1.54, 1.807) is 24.3 Å². The summed E-state index contributed by atoms with van der Waals surface area (Å²) in [7, 11) is 0. The summed E-state index contributed by atoms with van der Waals surface area (Å²) in [6, 6.07) is 22.0. The van der Waals surface area contributed by atoms with Gasteiger partial charge >= 0.3 is 0 Å². The van der Waals surface area contributed by atoms with Crippen molar-refractivity contribution in [2.45, 2.75) is 13.1 Å². The van der Waals surface area contributed by atoms with E-state index in [4.69, 9.17) is 4.74 Å². The summed E-state index contributed by atoms with van der Waals surface area (Å²) in [6.45, 7) is 0.427. The number of hydrogen-bond donors (Lipinski definition) is 4. The van der Waals surface area contributed by atoms with E-state index in [0.717, 1.165) is 22.1 Å². The van der Waals surface area contributed by atoms with Gasteiger partial charge in [-0.3, -0.25) is 9.59 Å². The molecule has 34 heavy (non-hydrogen) atoms. The number of ether oxygens (including phenoxy) is 1. The van der Waals surface area contributed by atoms with Crippen LogP contribution >= 0.6 is 0 Å². The van der Waals surface area contributed by atoms with Gasteiger partial charge in [0.05, 0.1) is 35.2 Å². The molecule has 170 valence electrons. The normalized spacial score (nSPS) is 10.9. The van der Waals surface area contributed by atoms with E-state index >= 15 is 0 Å². The second-order valence-corrected chi connectivity index (χ2v) is 7.67. The SMILES string of the molecule is O=C(COc1ccc(C(=O)NCc2nc3ccccc3[nH]2)cc1)NCc1nc2ccccc2[nH]1. The van der Waals surface area contributed by atoms with Crippen LogP contribution in [0.15, 0.2) is 72.8 Å². The smallest absolute Gasteiger partial charge is 0.258 e. The summed E-state index contributed by atoms with van der Waals surface area (Å²) < 4.78 is 5.52. The minimum Gasteiger partial charge on any atom is -0.484 e. The van der Waals surface area contributed by atoms with Crippen molar-refractivity contribution in [1.29, 1.82) is 0 Å². The zero-order chi connectivity index (χ0) is 23.3. The predicted octanol–water partition coefficient (Wildman–Crippen LogP) is 3.06. The van der Waals surface area contributed by atoms with E-state index in [2.05, 4.69) is 30.6 Å². The van der Waals surface area contributed by atoms with Gasteiger partial charge in [0.25, 0.3) is 11.8 Å². The lowest BCUT2D eigenvalue weighted by atomic mass is 10.2. The zero-order valence-corrected chi connectivity index (χ0v) is 18.2. The molecule has 2 heterocycles. The van der Waals surface area contributed by atoms with Crippen LogP contribution in [-0.4, -0.2) is 38.4 Å². The highest BCUT2D eigenvalue weighted by Gasteiger charge is 2.09. The summed E-state index contributed by atoms with van der Waals surface area (Å²) in [5, 5.41) is 5.61. The van der Waals surface area contributed by atoms with Crippen molar-refractivity contribution < 1.29 is 14.3 Å². The molecule has 0 radical (unpaired) electrons. The van der Waals surface area contributed by atoms with Gasteiger partial charge in [-0.2, -0.15) is 0 Å². The van der Waals surface area contributed by atoms with Crippen LogP contribution in [0.4, 0.5) is 0 Å². The monoisotopic (exact) mass is 454 g/mol. The number of aromatic nitrogens is 4. The van der Waals surface area contributed by atoms with Crippen LogP contribution in [0, 0.1) is 0 Å². The first-order valence-electron chi connectivity index (χ1n) is 10.8. The third kappa shape index (κ3) is 4.88. The molecule has 2 aromatic heterocycles. The number of H-pyrrole nitrogens is 2. The first kappa shape index (κ1) is 21.2. The van der Waals surface area contributed by atoms with Crippen LogP contribution in [0.3, 0.4) is 0 Å². The maximum atomic E-state index is 12.4. The Morgan fingerprint density at radius 3 is 1.88 bits per heavy atom. The summed E-state index contributed by atoms with van der Waals surface area (Å²) >= 11 is 0. The Morgan fingerprint density at radius 1 is 0.735 bits per heavy atom. The number of carbonyl (C=O) groups excluding carboxylic acids is 2. The molecule has 0 saturated carbocycles. The van der Waals surface area contributed by atoms with Crippen molar-refractivity contribution >= 4 is 33.9 Å². The lowest BCUT2D eigenvalue weighted by Gasteiger charge is -2.08. The zero-order valence-electron chi connectivity index (χ0n) is 18.2. The van der Waals surface area contributed by atoms with Crippen molar-refractivity contribution in [3.8, 4) is 5.75 Å². The Balaban J connectivity index is 1.08. The fraction of sp³-hybridized carbons (Fsp3) is 0.120. The van der Waals surface area contributed by atoms with E-state index in [1.807, 2.05) is 48.5 Å². The van der Waals surface area contributed by atoms with Gasteiger partial charge in [-0.15, -0.1) is 0 Å². The number of nitrogens with one attached hydrogen (secondary N) is 4. The second kappa shape index (κ2) is 9.45. The molecule has 9 heteroatoms. The highest BCUT2D eigenvalue weighted by molar-refractivity contribution is 5.94. The molecule has 0 fully saturated rings. The van der Waals surface area contributed by atoms with Gasteiger partial charge in [0.15, 0.2) is 6.61 Å². The van der Waals surface area contributed by atoms with Gasteiger partial charge in [-0.05, 0) is 48.5 Å². The molecule has 0 atom stereocenters. The number of aromatic amines is 2. The summed E-state index contributed by atoms with van der Waals surface area (Å²) in [5.74, 6) is 1.35. The molecule has 0 saturated heterocycles. The average Bonchev–Trinajstić information content (AvgIpc) is 3.48. The average molecular weight is 454 g/mol. The standard InChI is InChI=1S/C25H22N6O3/c32-24(26-13-22-28-18-5-1-2-6-19(18)29-22)15-34-17-11-9-16(10-12-17)25(33)27-14-23-30-20-7-3-4-8-21(20)31-23/h1-12H,13-15H2,(H,26,32)(H,27,33)(H,28,29)(H,30,31). The van der Waals surface area contributed by atoms with Crippen molar-refractivity contribution in [1.82, 2.24) is 30.6 Å². The fourth-order valence-electron chi connectivity index (χ4n) is 3.53. The molecule has 0 aliphatic rings. The number of benzene rings is 3. The van der Waals surface area contributed by atoms with Gasteiger partial charge in [0, 0.05) is 5.56 Å². The molecule has 0 aliphatic carbocycles. The van der Waals surface area contributed by atoms with Gasteiger partial charge in [-0.1, -0.05) is 24.3 Å². The van der Waals surface area contributed by atoms with Crippen LogP contribution in [-0.2, 0) is 17.9 Å². The maximum absolute atomic E-state index is 12.4. The number of hydrogen-bond acceptors (Lipinski definition) is 5. The van der Waals surface area contributed by atoms with Crippen LogP contribution in [0.2, 0.25) is 0 Å². The molecule has 0 spiro atoms. The molecule has 3 aromatic carbocycles. The Hall–Kier alpha value is -4.66. The third-order valence-electron chi connectivity index (χ3n) is 5.23. The van der Waals surface area contributed by atoms with Crippen molar-refractivity contribution in [3.63, 3.8) is 0 Å². The molecule has 2 amide bonds. The second-order valence-electron chi connectivity index (χ2n) is 7.67. The number of carbonyl (C=O) groups is 2. The fourth-order valence-corrected chi connectivity index (χ4v) is 3.53. The van der Waals surface area contributed by atoms with Crippen molar-refractivity contribution in [2.75, 3.05) is 6.61 Å². The highest BCUT2D eigenvalue weighted by Crippen LogP contribution is 2.14. The Bertz CT molecular complexity index is 1390. The quantitative estimate of drug-likeness (QED) is 0.287. The number of amides is 2. The van der Waals surface area contributed by atoms with Gasteiger partial charge in [0.1, 0.15) is 17.4 Å². The number of nitrogens with zero attached hydrogens (tertiary/aromatic N) is 2. The molecule has 5 aromatic rings. The molecule has 9 nitrogen and oxygen atoms in total. The van der Waals surface area contributed by atoms with Crippen molar-refractivity contribution in [3.05, 3.63) is 90.0 Å². The summed E-state index contributed by atoms with van der Waals surface area (Å²) in [4.78, 5) is 39.7. The summed E-state index contributed by atoms with van der Waals surface area (Å²) in [6.07, 6.45) is 0. The van der Waals surface area contributed by atoms with E-state index < -0.39 is 0 Å². The molecule has 5 rings (SSSR count). The van der Waals surface area contributed by atoms with Crippen LogP contribution in [0.25, 0.3) is 22.1 Å². The Labute approximate surface area is 194 Å². The molecule has 0 aliphatic heterocycles. The minimum absolute atomic E-state index is 0.141. The number of rotatable bonds is 8. The third-order valence-corrected chi connectivity index (χ3v) is 5.23. The van der Waals surface area contributed by atoms with Gasteiger partial charge in [-0.25, -0.2) is 9.97 Å². The number of para-hydroxylation sites is 4. The topological polar surface area (TPSA) is 125 Å². The van der Waals surface area contributed by atoms with Crippen LogP contribution < -0.4 is 15.4 Å². The summed E-state index contributed by atoms with van der Waals surface area (Å²) in [5.41, 5.74) is 4.04. The largest absolute Gasteiger partial charge is 0.484 e. The first-order chi connectivity index (χ1) is 16.6. The molecular weight excluding hydrogens is 432 g/mol. The first-order valence-corrected chi connectivity index (χ1v) is 10.8. The molecule has 0 bridgehead atoms.